The Bertz CT molecular complexity index is 1290. The number of nitrogens with one attached hydrogen (secondary N) is 1. The molecular formula is C26H32N6O4S. The van der Waals surface area contributed by atoms with Gasteiger partial charge in [0, 0.05) is 39.1 Å². The minimum Gasteiger partial charge on any atom is -0.395 e. The van der Waals surface area contributed by atoms with E-state index in [1.165, 1.54) is 4.90 Å². The van der Waals surface area contributed by atoms with Crippen molar-refractivity contribution in [3.8, 4) is 0 Å². The molecule has 196 valence electrons. The van der Waals surface area contributed by atoms with Crippen molar-refractivity contribution in [2.75, 3.05) is 49.9 Å². The summed E-state index contributed by atoms with van der Waals surface area (Å²) >= 11 is 0.772. The summed E-state index contributed by atoms with van der Waals surface area (Å²) in [7, 11) is 5.37. The van der Waals surface area contributed by atoms with Crippen molar-refractivity contribution in [3.63, 3.8) is 0 Å². The lowest BCUT2D eigenvalue weighted by molar-refractivity contribution is -0.122. The van der Waals surface area contributed by atoms with Gasteiger partial charge in [-0.1, -0.05) is 24.3 Å². The predicted octanol–water partition coefficient (Wildman–Crippen LogP) is 2.66. The number of nitrogens with zero attached hydrogens (tertiary/aromatic N) is 3. The van der Waals surface area contributed by atoms with E-state index in [0.717, 1.165) is 28.3 Å². The second-order valence-electron chi connectivity index (χ2n) is 8.70. The number of rotatable bonds is 10. The van der Waals surface area contributed by atoms with Crippen LogP contribution in [0.2, 0.25) is 0 Å². The maximum atomic E-state index is 14.1. The van der Waals surface area contributed by atoms with Gasteiger partial charge in [-0.2, -0.15) is 4.37 Å². The molecule has 1 heterocycles. The number of carbonyl (C=O) groups is 3. The molecule has 0 aliphatic rings. The molecule has 0 aliphatic carbocycles. The molecule has 0 unspecified atom stereocenters. The minimum absolute atomic E-state index is 0.0225. The number of primary amides is 1. The third-order valence-electron chi connectivity index (χ3n) is 6.05. The van der Waals surface area contributed by atoms with Crippen LogP contribution in [-0.4, -0.2) is 56.5 Å². The van der Waals surface area contributed by atoms with Crippen molar-refractivity contribution in [1.82, 2.24) is 9.69 Å². The highest BCUT2D eigenvalue weighted by Crippen LogP contribution is 2.36. The Labute approximate surface area is 220 Å². The smallest absolute Gasteiger partial charge is 0.273 e. The fourth-order valence-corrected chi connectivity index (χ4v) is 4.59. The number of anilines is 3. The zero-order chi connectivity index (χ0) is 27.3. The number of hydrogen-bond donors (Lipinski definition) is 3. The van der Waals surface area contributed by atoms with Crippen LogP contribution in [0.1, 0.15) is 42.9 Å². The van der Waals surface area contributed by atoms with Gasteiger partial charge >= 0.3 is 0 Å². The third kappa shape index (κ3) is 5.89. The molecular weight excluding hydrogens is 492 g/mol. The normalized spacial score (nSPS) is 11.6. The molecule has 0 radical (unpaired) electrons. The van der Waals surface area contributed by atoms with E-state index in [-0.39, 0.29) is 22.8 Å². The molecule has 0 spiro atoms. The van der Waals surface area contributed by atoms with Gasteiger partial charge in [-0.3, -0.25) is 19.3 Å². The summed E-state index contributed by atoms with van der Waals surface area (Å²) < 4.78 is 9.08. The average Bonchev–Trinajstić information content (AvgIpc) is 3.26. The molecule has 11 heteroatoms. The highest BCUT2D eigenvalue weighted by Gasteiger charge is 2.36. The van der Waals surface area contributed by atoms with Crippen LogP contribution in [0, 0.1) is 13.8 Å². The number of nitrogens with two attached hydrogens (primary N) is 2. The van der Waals surface area contributed by atoms with E-state index < -0.39 is 23.8 Å². The van der Waals surface area contributed by atoms with Crippen LogP contribution in [0.5, 0.6) is 0 Å². The number of aryl methyl sites for hydroxylation is 1. The van der Waals surface area contributed by atoms with E-state index in [9.17, 15) is 14.4 Å². The molecule has 0 bridgehead atoms. The topological polar surface area (TPSA) is 144 Å². The van der Waals surface area contributed by atoms with E-state index in [4.69, 9.17) is 16.2 Å². The number of hydrogen-bond acceptors (Lipinski definition) is 8. The number of benzene rings is 2. The monoisotopic (exact) mass is 524 g/mol. The predicted molar refractivity (Wildman–Crippen MR) is 146 cm³/mol. The zero-order valence-corrected chi connectivity index (χ0v) is 22.4. The Kier molecular flexibility index (Phi) is 8.85. The van der Waals surface area contributed by atoms with E-state index in [1.54, 1.807) is 13.2 Å². The largest absolute Gasteiger partial charge is 0.395 e. The standard InChI is InChI=1S/C26H32N6O4S/c1-15-7-6-8-19(16(15)2)32(26(35)23-20(27)21(24(28)33)30-37-23)22(25(34)29-13-14-36-5)17-9-11-18(12-10-17)31(3)4/h6-12,22H,13-14,27H2,1-5H3,(H2,28,33)(H,29,34)/t22-/m0/s1. The van der Waals surface area contributed by atoms with Gasteiger partial charge in [0.05, 0.1) is 12.3 Å². The summed E-state index contributed by atoms with van der Waals surface area (Å²) in [5, 5.41) is 2.86. The minimum atomic E-state index is -1.06. The summed E-state index contributed by atoms with van der Waals surface area (Å²) in [5.41, 5.74) is 15.0. The first-order valence-electron chi connectivity index (χ1n) is 11.6. The van der Waals surface area contributed by atoms with Crippen molar-refractivity contribution in [2.24, 2.45) is 5.73 Å². The van der Waals surface area contributed by atoms with Crippen LogP contribution in [0.4, 0.5) is 17.1 Å². The lowest BCUT2D eigenvalue weighted by Gasteiger charge is -2.33. The van der Waals surface area contributed by atoms with Crippen LogP contribution < -0.4 is 26.6 Å². The fourth-order valence-electron chi connectivity index (χ4n) is 3.85. The molecule has 2 aromatic carbocycles. The van der Waals surface area contributed by atoms with Gasteiger partial charge in [-0.05, 0) is 60.3 Å². The maximum absolute atomic E-state index is 14.1. The molecule has 10 nitrogen and oxygen atoms in total. The van der Waals surface area contributed by atoms with E-state index in [0.29, 0.717) is 17.9 Å². The van der Waals surface area contributed by atoms with E-state index >= 15 is 0 Å². The Morgan fingerprint density at radius 1 is 1.11 bits per heavy atom. The summed E-state index contributed by atoms with van der Waals surface area (Å²) in [4.78, 5) is 43.0. The molecule has 0 aliphatic heterocycles. The Hall–Kier alpha value is -3.96. The molecule has 0 saturated carbocycles. The number of ether oxygens (including phenoxy) is 1. The van der Waals surface area contributed by atoms with Crippen LogP contribution >= 0.6 is 11.5 Å². The summed E-state index contributed by atoms with van der Waals surface area (Å²) in [5.74, 6) is -1.80. The van der Waals surface area contributed by atoms with Gasteiger partial charge in [0.15, 0.2) is 5.69 Å². The quantitative estimate of drug-likeness (QED) is 0.346. The number of methoxy groups -OCH3 is 1. The maximum Gasteiger partial charge on any atom is 0.273 e. The Morgan fingerprint density at radius 2 is 1.78 bits per heavy atom. The van der Waals surface area contributed by atoms with Gasteiger partial charge in [0.25, 0.3) is 11.8 Å². The molecule has 0 fully saturated rings. The van der Waals surface area contributed by atoms with Crippen LogP contribution in [-0.2, 0) is 9.53 Å². The number of aromatic nitrogens is 1. The Balaban J connectivity index is 2.23. The van der Waals surface area contributed by atoms with Gasteiger partial charge in [0.1, 0.15) is 10.9 Å². The van der Waals surface area contributed by atoms with Crippen LogP contribution in [0.25, 0.3) is 0 Å². The first-order valence-corrected chi connectivity index (χ1v) is 12.3. The van der Waals surface area contributed by atoms with Crippen molar-refractivity contribution in [3.05, 3.63) is 69.7 Å². The highest BCUT2D eigenvalue weighted by molar-refractivity contribution is 7.09. The van der Waals surface area contributed by atoms with E-state index in [2.05, 4.69) is 9.69 Å². The first-order chi connectivity index (χ1) is 17.6. The first kappa shape index (κ1) is 27.6. The van der Waals surface area contributed by atoms with Crippen molar-refractivity contribution in [2.45, 2.75) is 19.9 Å². The zero-order valence-electron chi connectivity index (χ0n) is 21.6. The van der Waals surface area contributed by atoms with Crippen molar-refractivity contribution >= 4 is 46.3 Å². The van der Waals surface area contributed by atoms with Gasteiger partial charge in [-0.25, -0.2) is 0 Å². The number of nitrogen functional groups attached to an aromatic ring is 1. The molecule has 1 atom stereocenters. The fraction of sp³-hybridized carbons (Fsp3) is 0.308. The molecule has 3 amide bonds. The van der Waals surface area contributed by atoms with Crippen molar-refractivity contribution in [1.29, 1.82) is 0 Å². The number of amides is 3. The van der Waals surface area contributed by atoms with Crippen LogP contribution in [0.15, 0.2) is 42.5 Å². The molecule has 3 rings (SSSR count). The highest BCUT2D eigenvalue weighted by atomic mass is 32.1. The number of carbonyl (C=O) groups excluding carboxylic acids is 3. The second kappa shape index (κ2) is 11.8. The molecule has 5 N–H and O–H groups in total. The van der Waals surface area contributed by atoms with Gasteiger partial charge in [-0.15, -0.1) is 0 Å². The molecule has 0 saturated heterocycles. The molecule has 3 aromatic rings. The summed E-state index contributed by atoms with van der Waals surface area (Å²) in [6.07, 6.45) is 0. The Morgan fingerprint density at radius 3 is 2.35 bits per heavy atom. The summed E-state index contributed by atoms with van der Waals surface area (Å²) in [6.45, 7) is 4.36. The van der Waals surface area contributed by atoms with Gasteiger partial charge in [0.2, 0.25) is 5.91 Å². The third-order valence-corrected chi connectivity index (χ3v) is 6.90. The summed E-state index contributed by atoms with van der Waals surface area (Å²) in [6, 6.07) is 11.8. The van der Waals surface area contributed by atoms with E-state index in [1.807, 2.05) is 69.2 Å². The van der Waals surface area contributed by atoms with Crippen LogP contribution in [0.3, 0.4) is 0 Å². The molecule has 37 heavy (non-hydrogen) atoms. The SMILES string of the molecule is COCCNC(=O)[C@H](c1ccc(N(C)C)cc1)N(C(=O)c1snc(C(N)=O)c1N)c1cccc(C)c1C. The van der Waals surface area contributed by atoms with Gasteiger partial charge < -0.3 is 26.4 Å². The van der Waals surface area contributed by atoms with Crippen molar-refractivity contribution < 1.29 is 19.1 Å². The second-order valence-corrected chi connectivity index (χ2v) is 9.48. The lowest BCUT2D eigenvalue weighted by atomic mass is 9.99. The molecule has 1 aromatic heterocycles. The average molecular weight is 525 g/mol. The lowest BCUT2D eigenvalue weighted by Crippen LogP contribution is -2.45.